The van der Waals surface area contributed by atoms with Crippen molar-refractivity contribution in [2.75, 3.05) is 25.0 Å². The average molecular weight is 400 g/mol. The number of rotatable bonds is 7. The summed E-state index contributed by atoms with van der Waals surface area (Å²) in [5.41, 5.74) is 4.15. The van der Waals surface area contributed by atoms with Crippen LogP contribution in [0.4, 0.5) is 11.4 Å². The van der Waals surface area contributed by atoms with Gasteiger partial charge in [0.2, 0.25) is 11.8 Å². The molecule has 1 fully saturated rings. The van der Waals surface area contributed by atoms with Crippen molar-refractivity contribution in [2.24, 2.45) is 5.10 Å². The highest BCUT2D eigenvalue weighted by Gasteiger charge is 2.32. The van der Waals surface area contributed by atoms with Crippen molar-refractivity contribution < 1.29 is 19.1 Å². The van der Waals surface area contributed by atoms with Gasteiger partial charge in [-0.05, 0) is 24.3 Å². The van der Waals surface area contributed by atoms with E-state index < -0.39 is 5.25 Å². The molecule has 1 aliphatic heterocycles. The zero-order valence-electron chi connectivity index (χ0n) is 15.4. The van der Waals surface area contributed by atoms with Crippen LogP contribution in [0.1, 0.15) is 6.42 Å². The first-order valence-corrected chi connectivity index (χ1v) is 9.35. The van der Waals surface area contributed by atoms with E-state index in [4.69, 9.17) is 9.47 Å². The van der Waals surface area contributed by atoms with E-state index in [1.165, 1.54) is 26.0 Å². The third kappa shape index (κ3) is 4.95. The smallest absolute Gasteiger partial charge is 0.240 e. The predicted octanol–water partition coefficient (Wildman–Crippen LogP) is 2.65. The first kappa shape index (κ1) is 19.6. The molecule has 28 heavy (non-hydrogen) atoms. The van der Waals surface area contributed by atoms with E-state index in [1.807, 2.05) is 30.3 Å². The Morgan fingerprint density at radius 2 is 1.96 bits per heavy atom. The zero-order chi connectivity index (χ0) is 19.9. The number of hydrogen-bond donors (Lipinski definition) is 3. The number of hydrogen-bond acceptors (Lipinski definition) is 7. The Hall–Kier alpha value is -3.20. The van der Waals surface area contributed by atoms with Crippen molar-refractivity contribution in [3.05, 3.63) is 48.5 Å². The van der Waals surface area contributed by atoms with E-state index in [9.17, 15) is 9.59 Å². The maximum absolute atomic E-state index is 12.4. The Bertz CT molecular complexity index is 889. The molecule has 3 N–H and O–H groups in total. The topological polar surface area (TPSA) is 101 Å². The molecule has 1 heterocycles. The van der Waals surface area contributed by atoms with Gasteiger partial charge in [-0.2, -0.15) is 0 Å². The Morgan fingerprint density at radius 1 is 1.18 bits per heavy atom. The van der Waals surface area contributed by atoms with Crippen molar-refractivity contribution in [2.45, 2.75) is 11.7 Å². The molecular weight excluding hydrogens is 380 g/mol. The lowest BCUT2D eigenvalue weighted by Gasteiger charge is -2.12. The molecule has 8 nitrogen and oxygen atoms in total. The van der Waals surface area contributed by atoms with Crippen molar-refractivity contribution in [3.63, 3.8) is 0 Å². The molecule has 1 aliphatic rings. The van der Waals surface area contributed by atoms with E-state index in [1.54, 1.807) is 18.2 Å². The summed E-state index contributed by atoms with van der Waals surface area (Å²) in [7, 11) is 3.05. The van der Waals surface area contributed by atoms with Gasteiger partial charge >= 0.3 is 0 Å². The van der Waals surface area contributed by atoms with Gasteiger partial charge in [-0.1, -0.05) is 30.0 Å². The quantitative estimate of drug-likeness (QED) is 0.618. The van der Waals surface area contributed by atoms with Crippen LogP contribution in [0.2, 0.25) is 0 Å². The van der Waals surface area contributed by atoms with Crippen LogP contribution in [0.3, 0.4) is 0 Å². The fraction of sp³-hybridized carbons (Fsp3) is 0.211. The van der Waals surface area contributed by atoms with Crippen LogP contribution in [-0.2, 0) is 9.59 Å². The van der Waals surface area contributed by atoms with Crippen LogP contribution in [0.5, 0.6) is 11.5 Å². The molecule has 0 bridgehead atoms. The molecule has 0 saturated carbocycles. The molecule has 2 aromatic carbocycles. The first-order chi connectivity index (χ1) is 13.6. The number of para-hydroxylation sites is 1. The molecule has 0 unspecified atom stereocenters. The Balaban J connectivity index is 1.59. The predicted molar refractivity (Wildman–Crippen MR) is 110 cm³/mol. The number of amidine groups is 1. The third-order valence-electron chi connectivity index (χ3n) is 3.89. The van der Waals surface area contributed by atoms with Crippen LogP contribution >= 0.6 is 11.8 Å². The normalized spacial score (nSPS) is 17.1. The van der Waals surface area contributed by atoms with Gasteiger partial charge in [0.05, 0.1) is 25.6 Å². The van der Waals surface area contributed by atoms with Crippen LogP contribution in [-0.4, -0.2) is 36.5 Å². The lowest BCUT2D eigenvalue weighted by molar-refractivity contribution is -0.122. The summed E-state index contributed by atoms with van der Waals surface area (Å²) in [6.45, 7) is 0. The molecule has 1 atom stereocenters. The Morgan fingerprint density at radius 3 is 2.68 bits per heavy atom. The monoisotopic (exact) mass is 400 g/mol. The van der Waals surface area contributed by atoms with Crippen molar-refractivity contribution in [3.8, 4) is 11.5 Å². The minimum atomic E-state index is -0.562. The summed E-state index contributed by atoms with van der Waals surface area (Å²) in [5, 5.41) is 9.46. The van der Waals surface area contributed by atoms with E-state index in [0.29, 0.717) is 22.4 Å². The molecular formula is C19H20N4O4S. The number of anilines is 2. The van der Waals surface area contributed by atoms with E-state index in [2.05, 4.69) is 21.2 Å². The largest absolute Gasteiger partial charge is 0.497 e. The Kier molecular flexibility index (Phi) is 6.38. The molecule has 2 aromatic rings. The fourth-order valence-corrected chi connectivity index (χ4v) is 3.43. The van der Waals surface area contributed by atoms with Gasteiger partial charge in [0.15, 0.2) is 5.17 Å². The number of hydrazone groups is 1. The lowest BCUT2D eigenvalue weighted by Crippen LogP contribution is -2.28. The molecule has 0 radical (unpaired) electrons. The van der Waals surface area contributed by atoms with E-state index in [-0.39, 0.29) is 18.2 Å². The van der Waals surface area contributed by atoms with E-state index in [0.717, 1.165) is 5.69 Å². The minimum absolute atomic E-state index is 0.00121. The second-order valence-electron chi connectivity index (χ2n) is 5.81. The first-order valence-electron chi connectivity index (χ1n) is 8.47. The number of nitrogens with one attached hydrogen (secondary N) is 3. The summed E-state index contributed by atoms with van der Waals surface area (Å²) in [6.07, 6.45) is 0.00121. The van der Waals surface area contributed by atoms with Gasteiger partial charge < -0.3 is 20.1 Å². The number of ether oxygens (including phenoxy) is 2. The average Bonchev–Trinajstić information content (AvgIpc) is 3.06. The summed E-state index contributed by atoms with van der Waals surface area (Å²) >= 11 is 1.20. The standard InChI is InChI=1S/C19H20N4O4S/c1-26-13-8-9-15(27-2)14(10-13)20-17(24)11-16-18(25)21-19(28-16)23-22-12-6-4-3-5-7-12/h3-10,16,22H,11H2,1-2H3,(H,20,24)(H,21,23,25)/t16-/m0/s1. The molecule has 3 rings (SSSR count). The van der Waals surface area contributed by atoms with Gasteiger partial charge in [0.1, 0.15) is 16.7 Å². The number of nitrogens with zero attached hydrogens (tertiary/aromatic N) is 1. The second kappa shape index (κ2) is 9.14. The number of methoxy groups -OCH3 is 2. The highest BCUT2D eigenvalue weighted by atomic mass is 32.2. The lowest BCUT2D eigenvalue weighted by atomic mass is 10.2. The molecule has 9 heteroatoms. The molecule has 0 aromatic heterocycles. The van der Waals surface area contributed by atoms with Gasteiger partial charge in [0.25, 0.3) is 0 Å². The van der Waals surface area contributed by atoms with Crippen LogP contribution in [0.15, 0.2) is 53.6 Å². The number of amides is 2. The molecule has 1 saturated heterocycles. The highest BCUT2D eigenvalue weighted by molar-refractivity contribution is 8.15. The van der Waals surface area contributed by atoms with Gasteiger partial charge in [-0.3, -0.25) is 15.0 Å². The summed E-state index contributed by atoms with van der Waals surface area (Å²) in [5.74, 6) is 0.528. The van der Waals surface area contributed by atoms with E-state index >= 15 is 0 Å². The highest BCUT2D eigenvalue weighted by Crippen LogP contribution is 2.30. The SMILES string of the molecule is COc1ccc(OC)c(NC(=O)C[C@@H]2S/C(=N/Nc3ccccc3)NC2=O)c1. The second-order valence-corrected chi connectivity index (χ2v) is 7.00. The van der Waals surface area contributed by atoms with Crippen molar-refractivity contribution >= 4 is 40.1 Å². The number of carbonyl (C=O) groups excluding carboxylic acids is 2. The van der Waals surface area contributed by atoms with Gasteiger partial charge in [-0.15, -0.1) is 5.10 Å². The van der Waals surface area contributed by atoms with Crippen LogP contribution < -0.4 is 25.5 Å². The van der Waals surface area contributed by atoms with Crippen LogP contribution in [0, 0.1) is 0 Å². The molecule has 0 spiro atoms. The molecule has 2 amide bonds. The number of carbonyl (C=O) groups is 2. The Labute approximate surface area is 166 Å². The maximum Gasteiger partial charge on any atom is 0.240 e. The minimum Gasteiger partial charge on any atom is -0.497 e. The molecule has 146 valence electrons. The number of benzene rings is 2. The maximum atomic E-state index is 12.4. The van der Waals surface area contributed by atoms with Gasteiger partial charge in [-0.25, -0.2) is 0 Å². The van der Waals surface area contributed by atoms with Crippen molar-refractivity contribution in [1.82, 2.24) is 5.32 Å². The summed E-state index contributed by atoms with van der Waals surface area (Å²) < 4.78 is 10.4. The zero-order valence-corrected chi connectivity index (χ0v) is 16.2. The van der Waals surface area contributed by atoms with Crippen LogP contribution in [0.25, 0.3) is 0 Å². The summed E-state index contributed by atoms with van der Waals surface area (Å²) in [6, 6.07) is 14.5. The summed E-state index contributed by atoms with van der Waals surface area (Å²) in [4.78, 5) is 24.6. The molecule has 0 aliphatic carbocycles. The van der Waals surface area contributed by atoms with Crippen molar-refractivity contribution in [1.29, 1.82) is 0 Å². The van der Waals surface area contributed by atoms with Gasteiger partial charge in [0, 0.05) is 12.5 Å². The third-order valence-corrected chi connectivity index (χ3v) is 4.97. The fourth-order valence-electron chi connectivity index (χ4n) is 2.50. The number of thioether (sulfide) groups is 1.